The second kappa shape index (κ2) is 7.31. The van der Waals surface area contributed by atoms with Gasteiger partial charge in [0.25, 0.3) is 0 Å². The fourth-order valence-corrected chi connectivity index (χ4v) is 1.92. The number of carbonyl (C=O) groups is 2. The van der Waals surface area contributed by atoms with Crippen LogP contribution in [0.2, 0.25) is 5.02 Å². The molecule has 0 bridgehead atoms. The molecule has 0 radical (unpaired) electrons. The molecule has 0 saturated heterocycles. The molecule has 0 aliphatic rings. The normalized spacial score (nSPS) is 11.2. The summed E-state index contributed by atoms with van der Waals surface area (Å²) in [6.45, 7) is -0.574. The molecule has 0 saturated carbocycles. The SMILES string of the molecule is O=C(O)CCCN(Cc1cccc(Cl)c1)C(=O)C(F)(F)F. The molecule has 8 heteroatoms. The minimum absolute atomic E-state index is 0.0578. The number of halogens is 4. The van der Waals surface area contributed by atoms with Crippen molar-refractivity contribution in [1.82, 2.24) is 4.90 Å². The Morgan fingerprint density at radius 2 is 1.95 bits per heavy atom. The van der Waals surface area contributed by atoms with Crippen molar-refractivity contribution in [2.45, 2.75) is 25.6 Å². The van der Waals surface area contributed by atoms with Crippen molar-refractivity contribution in [3.05, 3.63) is 34.9 Å². The maximum absolute atomic E-state index is 12.5. The van der Waals surface area contributed by atoms with Gasteiger partial charge < -0.3 is 10.0 Å². The van der Waals surface area contributed by atoms with Gasteiger partial charge >= 0.3 is 18.1 Å². The van der Waals surface area contributed by atoms with E-state index in [9.17, 15) is 22.8 Å². The summed E-state index contributed by atoms with van der Waals surface area (Å²) in [4.78, 5) is 22.3. The number of benzene rings is 1. The van der Waals surface area contributed by atoms with E-state index < -0.39 is 18.1 Å². The van der Waals surface area contributed by atoms with E-state index in [0.29, 0.717) is 15.5 Å². The van der Waals surface area contributed by atoms with E-state index in [0.717, 1.165) is 0 Å². The van der Waals surface area contributed by atoms with Gasteiger partial charge in [-0.2, -0.15) is 13.2 Å². The highest BCUT2D eigenvalue weighted by atomic mass is 35.5. The van der Waals surface area contributed by atoms with Gasteiger partial charge in [0.1, 0.15) is 0 Å². The number of amides is 1. The second-order valence-electron chi connectivity index (χ2n) is 4.35. The van der Waals surface area contributed by atoms with Gasteiger partial charge in [-0.1, -0.05) is 23.7 Å². The summed E-state index contributed by atoms with van der Waals surface area (Å²) in [7, 11) is 0. The highest BCUT2D eigenvalue weighted by molar-refractivity contribution is 6.30. The van der Waals surface area contributed by atoms with Gasteiger partial charge in [-0.05, 0) is 24.1 Å². The lowest BCUT2D eigenvalue weighted by atomic mass is 10.2. The van der Waals surface area contributed by atoms with Gasteiger partial charge in [0.15, 0.2) is 0 Å². The first-order chi connectivity index (χ1) is 9.70. The van der Waals surface area contributed by atoms with E-state index in [2.05, 4.69) is 0 Å². The van der Waals surface area contributed by atoms with Gasteiger partial charge in [-0.15, -0.1) is 0 Å². The van der Waals surface area contributed by atoms with Crippen LogP contribution in [0.1, 0.15) is 18.4 Å². The Morgan fingerprint density at radius 1 is 1.29 bits per heavy atom. The first kappa shape index (κ1) is 17.3. The number of hydrogen-bond acceptors (Lipinski definition) is 2. The molecule has 4 nitrogen and oxygen atoms in total. The van der Waals surface area contributed by atoms with Crippen LogP contribution in [-0.4, -0.2) is 34.6 Å². The number of hydrogen-bond donors (Lipinski definition) is 1. The molecule has 0 spiro atoms. The van der Waals surface area contributed by atoms with Crippen LogP contribution in [0.25, 0.3) is 0 Å². The van der Waals surface area contributed by atoms with Crippen LogP contribution in [0.3, 0.4) is 0 Å². The molecule has 1 amide bonds. The highest BCUT2D eigenvalue weighted by Crippen LogP contribution is 2.21. The molecule has 0 atom stereocenters. The van der Waals surface area contributed by atoms with Crippen molar-refractivity contribution in [3.63, 3.8) is 0 Å². The van der Waals surface area contributed by atoms with Crippen LogP contribution in [-0.2, 0) is 16.1 Å². The monoisotopic (exact) mass is 323 g/mol. The molecule has 0 unspecified atom stereocenters. The van der Waals surface area contributed by atoms with Gasteiger partial charge in [-0.25, -0.2) is 0 Å². The van der Waals surface area contributed by atoms with Gasteiger partial charge in [0, 0.05) is 24.5 Å². The smallest absolute Gasteiger partial charge is 0.471 e. The fourth-order valence-electron chi connectivity index (χ4n) is 1.71. The summed E-state index contributed by atoms with van der Waals surface area (Å²) in [5.74, 6) is -3.12. The number of nitrogens with zero attached hydrogens (tertiary/aromatic N) is 1. The summed E-state index contributed by atoms with van der Waals surface area (Å²) in [6, 6.07) is 6.12. The van der Waals surface area contributed by atoms with E-state index >= 15 is 0 Å². The van der Waals surface area contributed by atoms with Crippen molar-refractivity contribution in [1.29, 1.82) is 0 Å². The van der Waals surface area contributed by atoms with Gasteiger partial charge in [0.05, 0.1) is 0 Å². The molecule has 21 heavy (non-hydrogen) atoms. The quantitative estimate of drug-likeness (QED) is 0.875. The molecule has 0 aliphatic heterocycles. The van der Waals surface area contributed by atoms with Crippen molar-refractivity contribution in [2.24, 2.45) is 0 Å². The lowest BCUT2D eigenvalue weighted by Crippen LogP contribution is -2.41. The topological polar surface area (TPSA) is 57.6 Å². The molecule has 1 aromatic carbocycles. The molecule has 1 N–H and O–H groups in total. The Kier molecular flexibility index (Phi) is 6.02. The average molecular weight is 324 g/mol. The highest BCUT2D eigenvalue weighted by Gasteiger charge is 2.42. The van der Waals surface area contributed by atoms with E-state index in [-0.39, 0.29) is 25.9 Å². The maximum Gasteiger partial charge on any atom is 0.471 e. The molecule has 116 valence electrons. The number of alkyl halides is 3. The molecule has 1 rings (SSSR count). The summed E-state index contributed by atoms with van der Waals surface area (Å²) in [5, 5.41) is 8.85. The zero-order valence-corrected chi connectivity index (χ0v) is 11.6. The third kappa shape index (κ3) is 6.03. The third-order valence-corrected chi connectivity index (χ3v) is 2.85. The Morgan fingerprint density at radius 3 is 2.48 bits per heavy atom. The number of rotatable bonds is 6. The lowest BCUT2D eigenvalue weighted by Gasteiger charge is -2.23. The van der Waals surface area contributed by atoms with Crippen LogP contribution < -0.4 is 0 Å². The van der Waals surface area contributed by atoms with E-state index in [1.165, 1.54) is 6.07 Å². The zero-order chi connectivity index (χ0) is 16.0. The van der Waals surface area contributed by atoms with Crippen molar-refractivity contribution >= 4 is 23.5 Å². The predicted octanol–water partition coefficient (Wildman–Crippen LogP) is 3.10. The molecular formula is C13H13ClF3NO3. The number of carbonyl (C=O) groups excluding carboxylic acids is 1. The lowest BCUT2D eigenvalue weighted by molar-refractivity contribution is -0.186. The van der Waals surface area contributed by atoms with Crippen LogP contribution in [0.15, 0.2) is 24.3 Å². The Labute approximate surface area is 124 Å². The Balaban J connectivity index is 2.80. The largest absolute Gasteiger partial charge is 0.481 e. The Bertz CT molecular complexity index is 520. The summed E-state index contributed by atoms with van der Waals surface area (Å²) >= 11 is 5.74. The minimum Gasteiger partial charge on any atom is -0.481 e. The van der Waals surface area contributed by atoms with Crippen LogP contribution >= 0.6 is 11.6 Å². The fraction of sp³-hybridized carbons (Fsp3) is 0.385. The van der Waals surface area contributed by atoms with Crippen LogP contribution in [0, 0.1) is 0 Å². The van der Waals surface area contributed by atoms with Crippen LogP contribution in [0.5, 0.6) is 0 Å². The van der Waals surface area contributed by atoms with Crippen LogP contribution in [0.4, 0.5) is 13.2 Å². The van der Waals surface area contributed by atoms with Gasteiger partial charge in [-0.3, -0.25) is 9.59 Å². The zero-order valence-electron chi connectivity index (χ0n) is 10.9. The molecular weight excluding hydrogens is 311 g/mol. The van der Waals surface area contributed by atoms with E-state index in [1.54, 1.807) is 18.2 Å². The minimum atomic E-state index is -5.00. The Hall–Kier alpha value is -1.76. The molecule has 0 aliphatic carbocycles. The first-order valence-corrected chi connectivity index (χ1v) is 6.40. The molecule has 0 aromatic heterocycles. The summed E-state index contributed by atoms with van der Waals surface area (Å²) < 4.78 is 37.6. The van der Waals surface area contributed by atoms with Crippen molar-refractivity contribution in [2.75, 3.05) is 6.54 Å². The maximum atomic E-state index is 12.5. The summed E-state index contributed by atoms with van der Waals surface area (Å²) in [5.41, 5.74) is 0.440. The van der Waals surface area contributed by atoms with E-state index in [4.69, 9.17) is 16.7 Å². The third-order valence-electron chi connectivity index (χ3n) is 2.61. The number of carboxylic acids is 1. The average Bonchev–Trinajstić information content (AvgIpc) is 2.35. The standard InChI is InChI=1S/C13H13ClF3NO3/c14-10-4-1-3-9(7-10)8-18(6-2-5-11(19)20)12(21)13(15,16)17/h1,3-4,7H,2,5-6,8H2,(H,19,20). The molecule has 0 heterocycles. The van der Waals surface area contributed by atoms with Gasteiger partial charge in [0.2, 0.25) is 0 Å². The molecule has 0 fully saturated rings. The number of carboxylic acid groups (broad SMARTS) is 1. The molecule has 1 aromatic rings. The van der Waals surface area contributed by atoms with Crippen molar-refractivity contribution < 1.29 is 27.9 Å². The first-order valence-electron chi connectivity index (χ1n) is 6.02. The number of aliphatic carboxylic acids is 1. The summed E-state index contributed by atoms with van der Waals surface area (Å²) in [6.07, 6.45) is -5.36. The van der Waals surface area contributed by atoms with Crippen molar-refractivity contribution in [3.8, 4) is 0 Å². The predicted molar refractivity (Wildman–Crippen MR) is 69.8 cm³/mol. The second-order valence-corrected chi connectivity index (χ2v) is 4.79. The van der Waals surface area contributed by atoms with E-state index in [1.807, 2.05) is 0 Å².